The second-order valence-corrected chi connectivity index (χ2v) is 12.4. The summed E-state index contributed by atoms with van der Waals surface area (Å²) in [5, 5.41) is 2.22. The van der Waals surface area contributed by atoms with Crippen LogP contribution in [0.25, 0.3) is 0 Å². The van der Waals surface area contributed by atoms with Crippen molar-refractivity contribution in [1.82, 2.24) is 10.2 Å². The molecule has 1 N–H and O–H groups in total. The molecule has 0 heterocycles. The number of rotatable bonds is 12. The van der Waals surface area contributed by atoms with Gasteiger partial charge in [-0.2, -0.15) is 13.2 Å². The standard InChI is InChI=1S/C30H32ClF4N3O4S/c1-4-20(2)36-29(40)27(16-21-8-6-5-7-9-21)37(18-22-10-12-23(32)13-11-22)28(39)19-38(43(3,41)42)24-14-15-26(31)25(17-24)30(33,34)35/h5-15,17,20,27H,4,16,18-19H2,1-3H3,(H,36,40)/t20-,27-/m1/s1. The van der Waals surface area contributed by atoms with E-state index in [4.69, 9.17) is 11.6 Å². The first-order chi connectivity index (χ1) is 20.1. The quantitative estimate of drug-likeness (QED) is 0.253. The Morgan fingerprint density at radius 2 is 1.60 bits per heavy atom. The first-order valence-electron chi connectivity index (χ1n) is 13.3. The molecule has 7 nitrogen and oxygen atoms in total. The number of anilines is 1. The molecule has 0 aliphatic carbocycles. The van der Waals surface area contributed by atoms with Gasteiger partial charge in [0.15, 0.2) is 0 Å². The van der Waals surface area contributed by atoms with Gasteiger partial charge in [-0.1, -0.05) is 61.0 Å². The average Bonchev–Trinajstić information content (AvgIpc) is 2.94. The molecular formula is C30H32ClF4N3O4S. The molecule has 0 fully saturated rings. The average molecular weight is 642 g/mol. The van der Waals surface area contributed by atoms with E-state index in [1.54, 1.807) is 37.3 Å². The molecule has 2 atom stereocenters. The van der Waals surface area contributed by atoms with Crippen molar-refractivity contribution in [3.63, 3.8) is 0 Å². The Kier molecular flexibility index (Phi) is 11.2. The lowest BCUT2D eigenvalue weighted by Crippen LogP contribution is -2.54. The van der Waals surface area contributed by atoms with Crippen molar-refractivity contribution >= 4 is 39.1 Å². The molecule has 0 aromatic heterocycles. The van der Waals surface area contributed by atoms with E-state index in [-0.39, 0.29) is 19.0 Å². The Morgan fingerprint density at radius 1 is 0.977 bits per heavy atom. The second kappa shape index (κ2) is 14.2. The SMILES string of the molecule is CC[C@@H](C)NC(=O)[C@@H](Cc1ccccc1)N(Cc1ccc(F)cc1)C(=O)CN(c1ccc(Cl)c(C(F)(F)F)c1)S(C)(=O)=O. The number of hydrogen-bond acceptors (Lipinski definition) is 4. The molecule has 3 aromatic carbocycles. The van der Waals surface area contributed by atoms with Gasteiger partial charge in [-0.15, -0.1) is 0 Å². The number of nitrogens with one attached hydrogen (secondary N) is 1. The van der Waals surface area contributed by atoms with Crippen LogP contribution in [0.4, 0.5) is 23.2 Å². The Labute approximate surface area is 253 Å². The van der Waals surface area contributed by atoms with Crippen LogP contribution < -0.4 is 9.62 Å². The van der Waals surface area contributed by atoms with Crippen LogP contribution in [-0.2, 0) is 38.8 Å². The Bertz CT molecular complexity index is 1520. The van der Waals surface area contributed by atoms with Crippen molar-refractivity contribution in [3.05, 3.63) is 100 Å². The molecule has 0 bridgehead atoms. The van der Waals surface area contributed by atoms with Gasteiger partial charge in [-0.05, 0) is 54.8 Å². The summed E-state index contributed by atoms with van der Waals surface area (Å²) >= 11 is 5.73. The van der Waals surface area contributed by atoms with Gasteiger partial charge in [-0.25, -0.2) is 12.8 Å². The van der Waals surface area contributed by atoms with Crippen LogP contribution in [0.15, 0.2) is 72.8 Å². The van der Waals surface area contributed by atoms with Gasteiger partial charge in [0.2, 0.25) is 21.8 Å². The highest BCUT2D eigenvalue weighted by Crippen LogP contribution is 2.37. The zero-order valence-electron chi connectivity index (χ0n) is 23.7. The molecule has 0 saturated carbocycles. The molecule has 13 heteroatoms. The van der Waals surface area contributed by atoms with Gasteiger partial charge in [0.05, 0.1) is 22.5 Å². The van der Waals surface area contributed by atoms with Gasteiger partial charge in [0, 0.05) is 19.0 Å². The lowest BCUT2D eigenvalue weighted by atomic mass is 10.0. The highest BCUT2D eigenvalue weighted by molar-refractivity contribution is 7.92. The zero-order valence-corrected chi connectivity index (χ0v) is 25.3. The summed E-state index contributed by atoms with van der Waals surface area (Å²) in [5.74, 6) is -1.90. The Morgan fingerprint density at radius 3 is 2.16 bits per heavy atom. The molecule has 0 aliphatic heterocycles. The predicted octanol–water partition coefficient (Wildman–Crippen LogP) is 5.82. The van der Waals surface area contributed by atoms with Crippen LogP contribution in [0, 0.1) is 5.82 Å². The van der Waals surface area contributed by atoms with Gasteiger partial charge in [-0.3, -0.25) is 13.9 Å². The smallest absolute Gasteiger partial charge is 0.352 e. The van der Waals surface area contributed by atoms with Crippen LogP contribution in [0.5, 0.6) is 0 Å². The minimum atomic E-state index is -4.89. The first kappa shape index (κ1) is 33.9. The van der Waals surface area contributed by atoms with E-state index in [9.17, 15) is 35.6 Å². The molecule has 0 spiro atoms. The number of carbonyl (C=O) groups excluding carboxylic acids is 2. The number of amides is 2. The van der Waals surface area contributed by atoms with Crippen LogP contribution >= 0.6 is 11.6 Å². The summed E-state index contributed by atoms with van der Waals surface area (Å²) in [4.78, 5) is 28.8. The fraction of sp³-hybridized carbons (Fsp3) is 0.333. The third-order valence-electron chi connectivity index (χ3n) is 6.76. The van der Waals surface area contributed by atoms with Crippen molar-refractivity contribution in [2.45, 2.75) is 51.5 Å². The molecule has 3 aromatic rings. The fourth-order valence-corrected chi connectivity index (χ4v) is 5.35. The van der Waals surface area contributed by atoms with E-state index in [1.165, 1.54) is 24.3 Å². The van der Waals surface area contributed by atoms with Crippen LogP contribution in [0.2, 0.25) is 5.02 Å². The van der Waals surface area contributed by atoms with Crippen molar-refractivity contribution < 1.29 is 35.6 Å². The molecule has 0 saturated heterocycles. The van der Waals surface area contributed by atoms with E-state index in [2.05, 4.69) is 5.32 Å². The highest BCUT2D eigenvalue weighted by atomic mass is 35.5. The third-order valence-corrected chi connectivity index (χ3v) is 8.23. The highest BCUT2D eigenvalue weighted by Gasteiger charge is 2.36. The predicted molar refractivity (Wildman–Crippen MR) is 157 cm³/mol. The summed E-state index contributed by atoms with van der Waals surface area (Å²) in [6.07, 6.45) is -3.49. The molecular weight excluding hydrogens is 610 g/mol. The summed E-state index contributed by atoms with van der Waals surface area (Å²) in [7, 11) is -4.30. The maximum atomic E-state index is 14.0. The van der Waals surface area contributed by atoms with Crippen molar-refractivity contribution in [2.75, 3.05) is 17.1 Å². The molecule has 232 valence electrons. The number of alkyl halides is 3. The topological polar surface area (TPSA) is 86.8 Å². The molecule has 3 rings (SSSR count). The Balaban J connectivity index is 2.10. The maximum Gasteiger partial charge on any atom is 0.417 e. The number of sulfonamides is 1. The third kappa shape index (κ3) is 9.42. The summed E-state index contributed by atoms with van der Waals surface area (Å²) in [6.45, 7) is 2.52. The number of hydrogen-bond donors (Lipinski definition) is 1. The van der Waals surface area contributed by atoms with Crippen LogP contribution in [0.3, 0.4) is 0 Å². The minimum Gasteiger partial charge on any atom is -0.352 e. The largest absolute Gasteiger partial charge is 0.417 e. The summed E-state index contributed by atoms with van der Waals surface area (Å²) < 4.78 is 80.6. The monoisotopic (exact) mass is 641 g/mol. The minimum absolute atomic E-state index is 0.0497. The van der Waals surface area contributed by atoms with Gasteiger partial charge < -0.3 is 10.2 Å². The van der Waals surface area contributed by atoms with Gasteiger partial charge in [0.1, 0.15) is 18.4 Å². The van der Waals surface area contributed by atoms with E-state index in [1.807, 2.05) is 6.92 Å². The zero-order chi connectivity index (χ0) is 31.9. The fourth-order valence-electron chi connectivity index (χ4n) is 4.28. The van der Waals surface area contributed by atoms with Crippen molar-refractivity contribution in [1.29, 1.82) is 0 Å². The summed E-state index contributed by atoms with van der Waals surface area (Å²) in [6, 6.07) is 15.1. The van der Waals surface area contributed by atoms with E-state index in [0.717, 1.165) is 23.3 Å². The molecule has 0 radical (unpaired) electrons. The van der Waals surface area contributed by atoms with E-state index < -0.39 is 62.7 Å². The van der Waals surface area contributed by atoms with Gasteiger partial charge >= 0.3 is 6.18 Å². The maximum absolute atomic E-state index is 14.0. The number of carbonyl (C=O) groups is 2. The lowest BCUT2D eigenvalue weighted by Gasteiger charge is -2.34. The molecule has 2 amide bonds. The normalized spacial score (nSPS) is 13.2. The number of nitrogens with zero attached hydrogens (tertiary/aromatic N) is 2. The summed E-state index contributed by atoms with van der Waals surface area (Å²) in [5.41, 5.74) is -0.555. The van der Waals surface area contributed by atoms with Gasteiger partial charge in [0.25, 0.3) is 0 Å². The molecule has 0 unspecified atom stereocenters. The second-order valence-electron chi connectivity index (χ2n) is 10.1. The number of halogens is 5. The number of benzene rings is 3. The van der Waals surface area contributed by atoms with Crippen LogP contribution in [-0.4, -0.2) is 50.0 Å². The molecule has 43 heavy (non-hydrogen) atoms. The lowest BCUT2D eigenvalue weighted by molar-refractivity contribution is -0.140. The van der Waals surface area contributed by atoms with E-state index in [0.29, 0.717) is 27.9 Å². The molecule has 0 aliphatic rings. The first-order valence-corrected chi connectivity index (χ1v) is 15.6. The van der Waals surface area contributed by atoms with Crippen LogP contribution in [0.1, 0.15) is 37.0 Å². The van der Waals surface area contributed by atoms with Crippen molar-refractivity contribution in [2.24, 2.45) is 0 Å². The van der Waals surface area contributed by atoms with Crippen molar-refractivity contribution in [3.8, 4) is 0 Å². The van der Waals surface area contributed by atoms with E-state index >= 15 is 0 Å². The Hall–Kier alpha value is -3.64.